The summed E-state index contributed by atoms with van der Waals surface area (Å²) in [6.07, 6.45) is 1.84. The van der Waals surface area contributed by atoms with Crippen molar-refractivity contribution in [1.82, 2.24) is 4.57 Å². The molecule has 0 N–H and O–H groups in total. The molecule has 1 atom stereocenters. The zero-order chi connectivity index (χ0) is 23.5. The Morgan fingerprint density at radius 2 is 1.88 bits per heavy atom. The van der Waals surface area contributed by atoms with E-state index < -0.39 is 12.0 Å². The van der Waals surface area contributed by atoms with Crippen LogP contribution in [-0.4, -0.2) is 23.8 Å². The van der Waals surface area contributed by atoms with Gasteiger partial charge in [0.15, 0.2) is 4.80 Å². The summed E-state index contributed by atoms with van der Waals surface area (Å²) in [5.41, 5.74) is 3.55. The lowest BCUT2D eigenvalue weighted by molar-refractivity contribution is -0.139. The molecule has 0 aliphatic carbocycles. The van der Waals surface area contributed by atoms with E-state index >= 15 is 0 Å². The lowest BCUT2D eigenvalue weighted by atomic mass is 9.95. The Bertz CT molecular complexity index is 1400. The Morgan fingerprint density at radius 3 is 2.58 bits per heavy atom. The summed E-state index contributed by atoms with van der Waals surface area (Å²) in [5, 5.41) is 0. The molecule has 7 heteroatoms. The second-order valence-corrected chi connectivity index (χ2v) is 8.73. The van der Waals surface area contributed by atoms with Gasteiger partial charge in [-0.3, -0.25) is 9.36 Å². The molecule has 33 heavy (non-hydrogen) atoms. The molecule has 170 valence electrons. The summed E-state index contributed by atoms with van der Waals surface area (Å²) in [6.45, 7) is 8.30. The third-order valence-corrected chi connectivity index (χ3v) is 6.36. The van der Waals surface area contributed by atoms with Crippen molar-refractivity contribution in [2.75, 3.05) is 13.2 Å². The largest absolute Gasteiger partial charge is 0.494 e. The highest BCUT2D eigenvalue weighted by Crippen LogP contribution is 2.30. The van der Waals surface area contributed by atoms with Gasteiger partial charge in [0.1, 0.15) is 5.75 Å². The van der Waals surface area contributed by atoms with Gasteiger partial charge in [-0.05, 0) is 57.0 Å². The number of hydrogen-bond acceptors (Lipinski definition) is 6. The molecule has 1 aliphatic heterocycles. The standard InChI is InChI=1S/C26H26N2O4S/c1-5-31-20-9-7-8-18(14-20)15-21-24(29)28-23(19-12-10-16(3)11-13-19)22(25(30)32-6-2)17(4)27-26(28)33-21/h7-15,23H,5-6H2,1-4H3/b21-15-/t23-/m1/s1. The van der Waals surface area contributed by atoms with Crippen molar-refractivity contribution >= 4 is 23.4 Å². The number of ether oxygens (including phenoxy) is 2. The van der Waals surface area contributed by atoms with Gasteiger partial charge >= 0.3 is 5.97 Å². The average molecular weight is 463 g/mol. The number of carbonyl (C=O) groups excluding carboxylic acids is 1. The van der Waals surface area contributed by atoms with Crippen LogP contribution in [0.4, 0.5) is 0 Å². The molecule has 0 fully saturated rings. The minimum Gasteiger partial charge on any atom is -0.494 e. The van der Waals surface area contributed by atoms with Crippen LogP contribution in [0, 0.1) is 6.92 Å². The Kier molecular flexibility index (Phi) is 6.60. The molecule has 6 nitrogen and oxygen atoms in total. The minimum absolute atomic E-state index is 0.194. The van der Waals surface area contributed by atoms with Gasteiger partial charge in [-0.1, -0.05) is 53.3 Å². The Labute approximate surface area is 196 Å². The lowest BCUT2D eigenvalue weighted by Crippen LogP contribution is -2.39. The molecule has 2 heterocycles. The second kappa shape index (κ2) is 9.58. The molecule has 0 amide bonds. The number of aryl methyl sites for hydroxylation is 1. The number of rotatable bonds is 6. The van der Waals surface area contributed by atoms with E-state index in [4.69, 9.17) is 9.47 Å². The van der Waals surface area contributed by atoms with E-state index in [1.54, 1.807) is 18.4 Å². The van der Waals surface area contributed by atoms with E-state index in [1.165, 1.54) is 11.3 Å². The predicted octanol–water partition coefficient (Wildman–Crippen LogP) is 3.51. The molecule has 4 rings (SSSR count). The normalized spacial score (nSPS) is 15.8. The van der Waals surface area contributed by atoms with Crippen molar-refractivity contribution < 1.29 is 14.3 Å². The highest BCUT2D eigenvalue weighted by atomic mass is 32.1. The van der Waals surface area contributed by atoms with E-state index in [0.717, 1.165) is 22.4 Å². The zero-order valence-corrected chi connectivity index (χ0v) is 19.9. The fourth-order valence-corrected chi connectivity index (χ4v) is 4.91. The van der Waals surface area contributed by atoms with E-state index in [9.17, 15) is 9.59 Å². The van der Waals surface area contributed by atoms with E-state index in [2.05, 4.69) is 4.99 Å². The van der Waals surface area contributed by atoms with Crippen LogP contribution in [0.5, 0.6) is 5.75 Å². The van der Waals surface area contributed by atoms with Crippen LogP contribution >= 0.6 is 11.3 Å². The first-order chi connectivity index (χ1) is 15.9. The second-order valence-electron chi connectivity index (χ2n) is 7.72. The molecule has 0 radical (unpaired) electrons. The number of aromatic nitrogens is 1. The maximum Gasteiger partial charge on any atom is 0.338 e. The topological polar surface area (TPSA) is 69.9 Å². The van der Waals surface area contributed by atoms with Crippen molar-refractivity contribution in [3.05, 3.63) is 96.2 Å². The molecule has 0 saturated carbocycles. The summed E-state index contributed by atoms with van der Waals surface area (Å²) in [6, 6.07) is 14.8. The molecule has 0 unspecified atom stereocenters. The van der Waals surface area contributed by atoms with Crippen LogP contribution in [0.15, 0.2) is 69.6 Å². The summed E-state index contributed by atoms with van der Waals surface area (Å²) in [7, 11) is 0. The maximum absolute atomic E-state index is 13.6. The number of thiazole rings is 1. The van der Waals surface area contributed by atoms with Crippen molar-refractivity contribution in [2.24, 2.45) is 4.99 Å². The lowest BCUT2D eigenvalue weighted by Gasteiger charge is -2.24. The van der Waals surface area contributed by atoms with Crippen LogP contribution in [0.2, 0.25) is 0 Å². The van der Waals surface area contributed by atoms with Crippen molar-refractivity contribution in [1.29, 1.82) is 0 Å². The minimum atomic E-state index is -0.599. The van der Waals surface area contributed by atoms with E-state index in [1.807, 2.05) is 68.5 Å². The maximum atomic E-state index is 13.6. The molecule has 1 aliphatic rings. The first-order valence-corrected chi connectivity index (χ1v) is 11.7. The quantitative estimate of drug-likeness (QED) is 0.526. The van der Waals surface area contributed by atoms with Crippen LogP contribution in [0.1, 0.15) is 43.5 Å². The predicted molar refractivity (Wildman–Crippen MR) is 129 cm³/mol. The van der Waals surface area contributed by atoms with E-state index in [0.29, 0.717) is 27.2 Å². The van der Waals surface area contributed by atoms with Gasteiger partial charge in [0.2, 0.25) is 0 Å². The van der Waals surface area contributed by atoms with Gasteiger partial charge in [-0.25, -0.2) is 9.79 Å². The highest BCUT2D eigenvalue weighted by molar-refractivity contribution is 7.07. The summed E-state index contributed by atoms with van der Waals surface area (Å²) in [4.78, 5) is 31.7. The zero-order valence-electron chi connectivity index (χ0n) is 19.1. The number of allylic oxidation sites excluding steroid dienone is 1. The average Bonchev–Trinajstić information content (AvgIpc) is 3.08. The highest BCUT2D eigenvalue weighted by Gasteiger charge is 2.33. The van der Waals surface area contributed by atoms with Crippen LogP contribution in [-0.2, 0) is 9.53 Å². The fraction of sp³-hybridized carbons (Fsp3) is 0.269. The fourth-order valence-electron chi connectivity index (χ4n) is 3.87. The van der Waals surface area contributed by atoms with Crippen molar-refractivity contribution in [3.8, 4) is 5.75 Å². The van der Waals surface area contributed by atoms with Gasteiger partial charge in [0.25, 0.3) is 5.56 Å². The Balaban J connectivity index is 1.91. The van der Waals surface area contributed by atoms with Crippen LogP contribution in [0.3, 0.4) is 0 Å². The smallest absolute Gasteiger partial charge is 0.338 e. The Morgan fingerprint density at radius 1 is 1.12 bits per heavy atom. The monoisotopic (exact) mass is 462 g/mol. The molecule has 0 saturated heterocycles. The first kappa shape index (κ1) is 22.7. The molecule has 0 spiro atoms. The molecule has 3 aromatic rings. The Hall–Kier alpha value is -3.45. The summed E-state index contributed by atoms with van der Waals surface area (Å²) < 4.78 is 13.1. The summed E-state index contributed by atoms with van der Waals surface area (Å²) >= 11 is 1.31. The third-order valence-electron chi connectivity index (χ3n) is 5.38. The molecular weight excluding hydrogens is 436 g/mol. The van der Waals surface area contributed by atoms with Crippen LogP contribution in [0.25, 0.3) is 6.08 Å². The first-order valence-electron chi connectivity index (χ1n) is 10.9. The third kappa shape index (κ3) is 4.54. The molecule has 1 aromatic heterocycles. The van der Waals surface area contributed by atoms with Gasteiger partial charge in [-0.15, -0.1) is 0 Å². The number of esters is 1. The van der Waals surface area contributed by atoms with Gasteiger partial charge in [0.05, 0.1) is 35.1 Å². The van der Waals surface area contributed by atoms with Gasteiger partial charge < -0.3 is 9.47 Å². The van der Waals surface area contributed by atoms with Gasteiger partial charge in [0, 0.05) is 0 Å². The molecule has 2 aromatic carbocycles. The number of hydrogen-bond donors (Lipinski definition) is 0. The summed E-state index contributed by atoms with van der Waals surface area (Å²) in [5.74, 6) is 0.292. The number of benzene rings is 2. The van der Waals surface area contributed by atoms with Crippen molar-refractivity contribution in [2.45, 2.75) is 33.7 Å². The van der Waals surface area contributed by atoms with Crippen LogP contribution < -0.4 is 19.6 Å². The number of fused-ring (bicyclic) bond motifs is 1. The number of carbonyl (C=O) groups is 1. The molecule has 0 bridgehead atoms. The molecular formula is C26H26N2O4S. The SMILES string of the molecule is CCOC(=O)C1=C(C)N=c2s/c(=C\c3cccc(OCC)c3)c(=O)n2[C@@H]1c1ccc(C)cc1. The number of nitrogens with zero attached hydrogens (tertiary/aromatic N) is 2. The van der Waals surface area contributed by atoms with Crippen molar-refractivity contribution in [3.63, 3.8) is 0 Å². The van der Waals surface area contributed by atoms with Gasteiger partial charge in [-0.2, -0.15) is 0 Å². The van der Waals surface area contributed by atoms with E-state index in [-0.39, 0.29) is 12.2 Å².